The molecule has 0 atom stereocenters. The molecule has 4 rings (SSSR count). The summed E-state index contributed by atoms with van der Waals surface area (Å²) >= 11 is 0. The molecular weight excluding hydrogens is 338 g/mol. The van der Waals surface area contributed by atoms with E-state index in [1.165, 1.54) is 11.1 Å². The molecule has 0 aliphatic carbocycles. The van der Waals surface area contributed by atoms with Gasteiger partial charge in [0.2, 0.25) is 0 Å². The van der Waals surface area contributed by atoms with Crippen LogP contribution in [0.2, 0.25) is 0 Å². The maximum absolute atomic E-state index is 12.9. The van der Waals surface area contributed by atoms with Crippen LogP contribution in [0.3, 0.4) is 0 Å². The lowest BCUT2D eigenvalue weighted by atomic mass is 9.88. The Morgan fingerprint density at radius 3 is 2.78 bits per heavy atom. The number of rotatable bonds is 4. The fourth-order valence-corrected chi connectivity index (χ4v) is 3.98. The SMILES string of the molecule is CNCc1cccc(C2CCN(C(=O)c3cc4cc(O)ccc4[nH]3)CC2)c1. The minimum Gasteiger partial charge on any atom is -0.508 e. The number of phenolic OH excluding ortho intramolecular Hbond substituents is 1. The number of hydrogen-bond donors (Lipinski definition) is 3. The van der Waals surface area contributed by atoms with Gasteiger partial charge in [0.1, 0.15) is 11.4 Å². The summed E-state index contributed by atoms with van der Waals surface area (Å²) in [6, 6.07) is 15.7. The van der Waals surface area contributed by atoms with Crippen LogP contribution in [0, 0.1) is 0 Å². The van der Waals surface area contributed by atoms with Gasteiger partial charge < -0.3 is 20.3 Å². The van der Waals surface area contributed by atoms with Gasteiger partial charge in [-0.1, -0.05) is 24.3 Å². The molecule has 0 saturated carbocycles. The molecule has 1 aromatic heterocycles. The van der Waals surface area contributed by atoms with Crippen molar-refractivity contribution in [2.75, 3.05) is 20.1 Å². The molecule has 0 spiro atoms. The van der Waals surface area contributed by atoms with Gasteiger partial charge in [0.15, 0.2) is 0 Å². The highest BCUT2D eigenvalue weighted by Crippen LogP contribution is 2.29. The van der Waals surface area contributed by atoms with Gasteiger partial charge in [-0.2, -0.15) is 0 Å². The van der Waals surface area contributed by atoms with Gasteiger partial charge in [0, 0.05) is 30.5 Å². The fraction of sp³-hybridized carbons (Fsp3) is 0.318. The number of fused-ring (bicyclic) bond motifs is 1. The molecule has 5 heteroatoms. The Bertz CT molecular complexity index is 955. The average Bonchev–Trinajstić information content (AvgIpc) is 3.11. The summed E-state index contributed by atoms with van der Waals surface area (Å²) in [7, 11) is 1.96. The van der Waals surface area contributed by atoms with Crippen molar-refractivity contribution in [3.05, 3.63) is 65.4 Å². The minimum atomic E-state index is 0.0353. The topological polar surface area (TPSA) is 68.4 Å². The summed E-state index contributed by atoms with van der Waals surface area (Å²) < 4.78 is 0. The number of piperidine rings is 1. The third kappa shape index (κ3) is 3.69. The molecule has 0 bridgehead atoms. The summed E-state index contributed by atoms with van der Waals surface area (Å²) in [6.07, 6.45) is 1.96. The van der Waals surface area contributed by atoms with Gasteiger partial charge in [-0.3, -0.25) is 4.79 Å². The molecule has 0 unspecified atom stereocenters. The van der Waals surface area contributed by atoms with Crippen molar-refractivity contribution in [1.29, 1.82) is 0 Å². The van der Waals surface area contributed by atoms with E-state index in [-0.39, 0.29) is 11.7 Å². The van der Waals surface area contributed by atoms with Crippen LogP contribution in [0.4, 0.5) is 0 Å². The van der Waals surface area contributed by atoms with Gasteiger partial charge in [0.25, 0.3) is 5.91 Å². The normalized spacial score (nSPS) is 15.4. The van der Waals surface area contributed by atoms with Crippen molar-refractivity contribution < 1.29 is 9.90 Å². The van der Waals surface area contributed by atoms with Gasteiger partial charge in [0.05, 0.1) is 0 Å². The van der Waals surface area contributed by atoms with Gasteiger partial charge in [-0.15, -0.1) is 0 Å². The number of nitrogens with zero attached hydrogens (tertiary/aromatic N) is 1. The number of hydrogen-bond acceptors (Lipinski definition) is 3. The van der Waals surface area contributed by atoms with Crippen molar-refractivity contribution in [1.82, 2.24) is 15.2 Å². The number of likely N-dealkylation sites (tertiary alicyclic amines) is 1. The lowest BCUT2D eigenvalue weighted by Gasteiger charge is -2.32. The molecular formula is C22H25N3O2. The van der Waals surface area contributed by atoms with E-state index < -0.39 is 0 Å². The lowest BCUT2D eigenvalue weighted by molar-refractivity contribution is 0.0708. The van der Waals surface area contributed by atoms with Crippen molar-refractivity contribution >= 4 is 16.8 Å². The van der Waals surface area contributed by atoms with E-state index in [1.54, 1.807) is 18.2 Å². The number of amides is 1. The number of carbonyl (C=O) groups is 1. The van der Waals surface area contributed by atoms with Crippen LogP contribution in [-0.4, -0.2) is 41.0 Å². The predicted octanol–water partition coefficient (Wildman–Crippen LogP) is 3.61. The zero-order valence-corrected chi connectivity index (χ0v) is 15.5. The number of aromatic amines is 1. The number of phenols is 1. The monoisotopic (exact) mass is 363 g/mol. The molecule has 1 amide bonds. The first-order chi connectivity index (χ1) is 13.1. The highest BCUT2D eigenvalue weighted by molar-refractivity contribution is 5.98. The van der Waals surface area contributed by atoms with Crippen molar-refractivity contribution in [3.8, 4) is 5.75 Å². The lowest BCUT2D eigenvalue weighted by Crippen LogP contribution is -2.38. The standard InChI is InChI=1S/C22H25N3O2/c1-23-14-15-3-2-4-17(11-15)16-7-9-25(10-8-16)22(27)21-13-18-12-19(26)5-6-20(18)24-21/h2-6,11-13,16,23-24,26H,7-10,14H2,1H3. The zero-order valence-electron chi connectivity index (χ0n) is 15.5. The van der Waals surface area contributed by atoms with Crippen LogP contribution in [0.15, 0.2) is 48.5 Å². The first kappa shape index (κ1) is 17.6. The van der Waals surface area contributed by atoms with E-state index in [1.807, 2.05) is 18.0 Å². The maximum atomic E-state index is 12.9. The Balaban J connectivity index is 1.43. The van der Waals surface area contributed by atoms with Gasteiger partial charge >= 0.3 is 0 Å². The largest absolute Gasteiger partial charge is 0.508 e. The Kier molecular flexibility index (Phi) is 4.86. The number of aromatic nitrogens is 1. The number of carbonyl (C=O) groups excluding carboxylic acids is 1. The Morgan fingerprint density at radius 1 is 1.19 bits per heavy atom. The maximum Gasteiger partial charge on any atom is 0.270 e. The second-order valence-corrected chi connectivity index (χ2v) is 7.30. The number of benzene rings is 2. The van der Waals surface area contributed by atoms with E-state index in [9.17, 15) is 9.90 Å². The molecule has 1 aliphatic rings. The molecule has 5 nitrogen and oxygen atoms in total. The summed E-state index contributed by atoms with van der Waals surface area (Å²) in [4.78, 5) is 18.0. The van der Waals surface area contributed by atoms with Crippen LogP contribution in [0.1, 0.15) is 40.4 Å². The smallest absolute Gasteiger partial charge is 0.270 e. The molecule has 27 heavy (non-hydrogen) atoms. The van der Waals surface area contributed by atoms with E-state index in [4.69, 9.17) is 0 Å². The van der Waals surface area contributed by atoms with Crippen molar-refractivity contribution in [2.45, 2.75) is 25.3 Å². The molecule has 3 N–H and O–H groups in total. The number of aromatic hydroxyl groups is 1. The fourth-order valence-electron chi connectivity index (χ4n) is 3.98. The van der Waals surface area contributed by atoms with E-state index in [0.717, 1.165) is 43.4 Å². The first-order valence-corrected chi connectivity index (χ1v) is 9.48. The molecule has 2 aromatic carbocycles. The van der Waals surface area contributed by atoms with Crippen molar-refractivity contribution in [3.63, 3.8) is 0 Å². The van der Waals surface area contributed by atoms with Crippen LogP contribution >= 0.6 is 0 Å². The Morgan fingerprint density at radius 2 is 2.00 bits per heavy atom. The highest BCUT2D eigenvalue weighted by Gasteiger charge is 2.25. The molecule has 1 fully saturated rings. The van der Waals surface area contributed by atoms with Crippen LogP contribution in [0.5, 0.6) is 5.75 Å². The molecule has 140 valence electrons. The Labute approximate surface area is 159 Å². The van der Waals surface area contributed by atoms with Crippen LogP contribution in [-0.2, 0) is 6.54 Å². The highest BCUT2D eigenvalue weighted by atomic mass is 16.3. The molecule has 2 heterocycles. The molecule has 0 radical (unpaired) electrons. The Hall–Kier alpha value is -2.79. The quantitative estimate of drug-likeness (QED) is 0.663. The van der Waals surface area contributed by atoms with Crippen molar-refractivity contribution in [2.24, 2.45) is 0 Å². The first-order valence-electron chi connectivity index (χ1n) is 9.48. The van der Waals surface area contributed by atoms with E-state index in [0.29, 0.717) is 11.6 Å². The second-order valence-electron chi connectivity index (χ2n) is 7.30. The number of nitrogens with one attached hydrogen (secondary N) is 2. The van der Waals surface area contributed by atoms with Gasteiger partial charge in [-0.25, -0.2) is 0 Å². The third-order valence-electron chi connectivity index (χ3n) is 5.42. The predicted molar refractivity (Wildman–Crippen MR) is 107 cm³/mol. The zero-order chi connectivity index (χ0) is 18.8. The number of H-pyrrole nitrogens is 1. The molecule has 3 aromatic rings. The summed E-state index contributed by atoms with van der Waals surface area (Å²) in [5.41, 5.74) is 4.13. The molecule has 1 aliphatic heterocycles. The van der Waals surface area contributed by atoms with Gasteiger partial charge in [-0.05, 0) is 61.2 Å². The van der Waals surface area contributed by atoms with E-state index >= 15 is 0 Å². The summed E-state index contributed by atoms with van der Waals surface area (Å²) in [5, 5.41) is 13.7. The van der Waals surface area contributed by atoms with E-state index in [2.05, 4.69) is 34.6 Å². The minimum absolute atomic E-state index is 0.0353. The average molecular weight is 363 g/mol. The van der Waals surface area contributed by atoms with Crippen LogP contribution in [0.25, 0.3) is 10.9 Å². The second kappa shape index (κ2) is 7.45. The third-order valence-corrected chi connectivity index (χ3v) is 5.42. The summed E-state index contributed by atoms with van der Waals surface area (Å²) in [5.74, 6) is 0.750. The van der Waals surface area contributed by atoms with Crippen LogP contribution < -0.4 is 5.32 Å². The summed E-state index contributed by atoms with van der Waals surface area (Å²) in [6.45, 7) is 2.40. The molecule has 1 saturated heterocycles.